The van der Waals surface area contributed by atoms with E-state index in [1.807, 2.05) is 13.8 Å². The minimum Gasteiger partial charge on any atom is -0.378 e. The van der Waals surface area contributed by atoms with Gasteiger partial charge in [0.2, 0.25) is 0 Å². The lowest BCUT2D eigenvalue weighted by atomic mass is 9.86. The zero-order valence-corrected chi connectivity index (χ0v) is 10.8. The van der Waals surface area contributed by atoms with E-state index in [9.17, 15) is 0 Å². The summed E-state index contributed by atoms with van der Waals surface area (Å²) < 4.78 is 5.61. The van der Waals surface area contributed by atoms with Crippen LogP contribution in [0.25, 0.3) is 0 Å². The molecule has 0 aromatic carbocycles. The van der Waals surface area contributed by atoms with E-state index in [0.717, 1.165) is 19.8 Å². The minimum atomic E-state index is 0.366. The Hall–Kier alpha value is -0.120. The van der Waals surface area contributed by atoms with Gasteiger partial charge in [0.1, 0.15) is 0 Å². The Bertz CT molecular complexity index is 176. The molecule has 2 saturated heterocycles. The summed E-state index contributed by atoms with van der Waals surface area (Å²) in [6.07, 6.45) is 2.53. The second-order valence-electron chi connectivity index (χ2n) is 4.50. The Morgan fingerprint density at radius 2 is 1.60 bits per heavy atom. The van der Waals surface area contributed by atoms with Crippen molar-refractivity contribution in [1.82, 2.24) is 9.80 Å². The number of piperidine rings is 1. The van der Waals surface area contributed by atoms with Crippen LogP contribution >= 0.6 is 0 Å². The van der Waals surface area contributed by atoms with Gasteiger partial charge in [0, 0.05) is 12.1 Å². The van der Waals surface area contributed by atoms with E-state index in [1.54, 1.807) is 0 Å². The highest BCUT2D eigenvalue weighted by molar-refractivity contribution is 4.95. The number of rotatable bonds is 0. The standard InChI is InChI=1S/C10H20N2O.C2H6/c1-11-5-3-10(4-6-11)9-13-8-7-12(10)2;1-2/h3-9H2,1-2H3;1-2H3. The highest BCUT2D eigenvalue weighted by Gasteiger charge is 2.39. The summed E-state index contributed by atoms with van der Waals surface area (Å²) in [6, 6.07) is 0. The molecule has 0 aliphatic carbocycles. The van der Waals surface area contributed by atoms with Gasteiger partial charge in [-0.2, -0.15) is 0 Å². The minimum absolute atomic E-state index is 0.366. The van der Waals surface area contributed by atoms with Crippen molar-refractivity contribution in [1.29, 1.82) is 0 Å². The van der Waals surface area contributed by atoms with Gasteiger partial charge in [-0.3, -0.25) is 4.90 Å². The van der Waals surface area contributed by atoms with Crippen molar-refractivity contribution in [2.45, 2.75) is 32.2 Å². The molecule has 2 aliphatic rings. The first-order chi connectivity index (χ1) is 7.23. The lowest BCUT2D eigenvalue weighted by Gasteiger charge is -2.49. The molecule has 3 heteroatoms. The molecule has 0 amide bonds. The van der Waals surface area contributed by atoms with Crippen LogP contribution in [0.5, 0.6) is 0 Å². The molecular formula is C12H26N2O. The first kappa shape index (κ1) is 12.9. The first-order valence-electron chi connectivity index (χ1n) is 6.20. The van der Waals surface area contributed by atoms with E-state index in [2.05, 4.69) is 23.9 Å². The molecule has 0 aromatic heterocycles. The molecule has 2 rings (SSSR count). The average Bonchev–Trinajstić information content (AvgIpc) is 2.29. The quantitative estimate of drug-likeness (QED) is 0.607. The summed E-state index contributed by atoms with van der Waals surface area (Å²) in [4.78, 5) is 4.91. The Morgan fingerprint density at radius 1 is 1.00 bits per heavy atom. The SMILES string of the molecule is CC.CN1CCC2(CC1)COCCN2C. The van der Waals surface area contributed by atoms with Crippen molar-refractivity contribution in [2.75, 3.05) is 46.9 Å². The molecule has 0 saturated carbocycles. The molecule has 0 radical (unpaired) electrons. The van der Waals surface area contributed by atoms with Gasteiger partial charge in [-0.05, 0) is 40.0 Å². The third-order valence-electron chi connectivity index (χ3n) is 3.67. The fraction of sp³-hybridized carbons (Fsp3) is 1.00. The maximum atomic E-state index is 5.61. The van der Waals surface area contributed by atoms with Crippen molar-refractivity contribution < 1.29 is 4.74 Å². The van der Waals surface area contributed by atoms with Gasteiger partial charge in [0.05, 0.1) is 13.2 Å². The number of hydrogen-bond donors (Lipinski definition) is 0. The maximum absolute atomic E-state index is 5.61. The van der Waals surface area contributed by atoms with E-state index in [4.69, 9.17) is 4.74 Å². The van der Waals surface area contributed by atoms with Crippen molar-refractivity contribution >= 4 is 0 Å². The van der Waals surface area contributed by atoms with Crippen LogP contribution in [-0.4, -0.2) is 62.3 Å². The molecule has 0 bridgehead atoms. The van der Waals surface area contributed by atoms with Gasteiger partial charge >= 0.3 is 0 Å². The fourth-order valence-corrected chi connectivity index (χ4v) is 2.37. The monoisotopic (exact) mass is 214 g/mol. The Morgan fingerprint density at radius 3 is 2.13 bits per heavy atom. The molecule has 2 aliphatic heterocycles. The van der Waals surface area contributed by atoms with Gasteiger partial charge in [-0.25, -0.2) is 0 Å². The van der Waals surface area contributed by atoms with Crippen LogP contribution in [0.4, 0.5) is 0 Å². The smallest absolute Gasteiger partial charge is 0.0651 e. The van der Waals surface area contributed by atoms with E-state index < -0.39 is 0 Å². The van der Waals surface area contributed by atoms with Gasteiger partial charge in [-0.1, -0.05) is 13.8 Å². The van der Waals surface area contributed by atoms with Crippen LogP contribution in [0.2, 0.25) is 0 Å². The normalized spacial score (nSPS) is 27.2. The van der Waals surface area contributed by atoms with Gasteiger partial charge in [0.25, 0.3) is 0 Å². The fourth-order valence-electron chi connectivity index (χ4n) is 2.37. The highest BCUT2D eigenvalue weighted by Crippen LogP contribution is 2.29. The second kappa shape index (κ2) is 5.83. The zero-order valence-electron chi connectivity index (χ0n) is 10.8. The predicted octanol–water partition coefficient (Wildman–Crippen LogP) is 1.44. The third-order valence-corrected chi connectivity index (χ3v) is 3.67. The first-order valence-corrected chi connectivity index (χ1v) is 6.20. The second-order valence-corrected chi connectivity index (χ2v) is 4.50. The van der Waals surface area contributed by atoms with Crippen LogP contribution in [0.3, 0.4) is 0 Å². The molecule has 0 N–H and O–H groups in total. The number of likely N-dealkylation sites (tertiary alicyclic amines) is 1. The van der Waals surface area contributed by atoms with Crippen molar-refractivity contribution in [2.24, 2.45) is 0 Å². The number of morpholine rings is 1. The van der Waals surface area contributed by atoms with Crippen LogP contribution in [0.1, 0.15) is 26.7 Å². The van der Waals surface area contributed by atoms with E-state index in [-0.39, 0.29) is 0 Å². The molecule has 90 valence electrons. The summed E-state index contributed by atoms with van der Waals surface area (Å²) in [7, 11) is 4.45. The lowest BCUT2D eigenvalue weighted by molar-refractivity contribution is -0.0805. The summed E-state index contributed by atoms with van der Waals surface area (Å²) in [6.45, 7) is 9.39. The Labute approximate surface area is 94.4 Å². The molecule has 2 heterocycles. The van der Waals surface area contributed by atoms with Crippen molar-refractivity contribution in [3.63, 3.8) is 0 Å². The van der Waals surface area contributed by atoms with Gasteiger partial charge in [-0.15, -0.1) is 0 Å². The topological polar surface area (TPSA) is 15.7 Å². The molecule has 2 fully saturated rings. The number of likely N-dealkylation sites (N-methyl/N-ethyl adjacent to an activating group) is 1. The molecule has 3 nitrogen and oxygen atoms in total. The van der Waals surface area contributed by atoms with Crippen LogP contribution in [0, 0.1) is 0 Å². The number of ether oxygens (including phenoxy) is 1. The number of nitrogens with zero attached hydrogens (tertiary/aromatic N) is 2. The average molecular weight is 214 g/mol. The largest absolute Gasteiger partial charge is 0.378 e. The molecular weight excluding hydrogens is 188 g/mol. The van der Waals surface area contributed by atoms with Gasteiger partial charge in [0.15, 0.2) is 0 Å². The Kier molecular flexibility index (Phi) is 5.03. The molecule has 1 spiro atoms. The van der Waals surface area contributed by atoms with E-state index in [0.29, 0.717) is 5.54 Å². The zero-order chi connectivity index (χ0) is 11.3. The van der Waals surface area contributed by atoms with Crippen LogP contribution in [0.15, 0.2) is 0 Å². The van der Waals surface area contributed by atoms with Crippen molar-refractivity contribution in [3.05, 3.63) is 0 Å². The summed E-state index contributed by atoms with van der Waals surface area (Å²) >= 11 is 0. The lowest BCUT2D eigenvalue weighted by Crippen LogP contribution is -2.59. The predicted molar refractivity (Wildman–Crippen MR) is 64.3 cm³/mol. The molecule has 0 aromatic rings. The maximum Gasteiger partial charge on any atom is 0.0651 e. The highest BCUT2D eigenvalue weighted by atomic mass is 16.5. The third kappa shape index (κ3) is 2.92. The Balaban J connectivity index is 0.000000531. The number of hydrogen-bond acceptors (Lipinski definition) is 3. The van der Waals surface area contributed by atoms with E-state index >= 15 is 0 Å². The summed E-state index contributed by atoms with van der Waals surface area (Å²) in [5.41, 5.74) is 0.366. The summed E-state index contributed by atoms with van der Waals surface area (Å²) in [5.74, 6) is 0. The van der Waals surface area contributed by atoms with Crippen LogP contribution < -0.4 is 0 Å². The molecule has 0 atom stereocenters. The van der Waals surface area contributed by atoms with Crippen LogP contribution in [-0.2, 0) is 4.74 Å². The molecule has 0 unspecified atom stereocenters. The summed E-state index contributed by atoms with van der Waals surface area (Å²) in [5, 5.41) is 0. The van der Waals surface area contributed by atoms with Crippen molar-refractivity contribution in [3.8, 4) is 0 Å². The van der Waals surface area contributed by atoms with E-state index in [1.165, 1.54) is 25.9 Å². The van der Waals surface area contributed by atoms with Gasteiger partial charge < -0.3 is 9.64 Å². The molecule has 15 heavy (non-hydrogen) atoms.